The van der Waals surface area contributed by atoms with Gasteiger partial charge in [-0.25, -0.2) is 4.39 Å². The second kappa shape index (κ2) is 9.17. The van der Waals surface area contributed by atoms with Gasteiger partial charge in [-0.05, 0) is 78.8 Å². The second-order valence-electron chi connectivity index (χ2n) is 9.79. The highest BCUT2D eigenvalue weighted by Crippen LogP contribution is 2.50. The predicted octanol–water partition coefficient (Wildman–Crippen LogP) is 6.16. The van der Waals surface area contributed by atoms with Crippen molar-refractivity contribution in [2.75, 3.05) is 14.2 Å². The van der Waals surface area contributed by atoms with Crippen LogP contribution in [0.4, 0.5) is 4.39 Å². The van der Waals surface area contributed by atoms with Crippen molar-refractivity contribution < 1.29 is 23.8 Å². The molecule has 1 aromatic heterocycles. The highest BCUT2D eigenvalue weighted by molar-refractivity contribution is 6.16. The maximum Gasteiger partial charge on any atom is 0.263 e. The number of hydrogen-bond acceptors (Lipinski definition) is 5. The van der Waals surface area contributed by atoms with Crippen LogP contribution in [0.15, 0.2) is 60.3 Å². The molecule has 1 aliphatic carbocycles. The van der Waals surface area contributed by atoms with Crippen LogP contribution in [0.25, 0.3) is 16.6 Å². The highest BCUT2D eigenvalue weighted by Gasteiger charge is 2.41. The monoisotopic (exact) mass is 510 g/mol. The van der Waals surface area contributed by atoms with Crippen molar-refractivity contribution in [1.82, 2.24) is 9.88 Å². The number of carbonyl (C=O) groups is 1. The van der Waals surface area contributed by atoms with Crippen molar-refractivity contribution in [1.29, 1.82) is 0 Å². The van der Waals surface area contributed by atoms with E-state index in [1.165, 1.54) is 17.7 Å². The Morgan fingerprint density at radius 2 is 1.76 bits per heavy atom. The van der Waals surface area contributed by atoms with Crippen molar-refractivity contribution in [2.24, 2.45) is 0 Å². The molecule has 2 aliphatic rings. The fourth-order valence-corrected chi connectivity index (χ4v) is 5.32. The largest absolute Gasteiger partial charge is 0.505 e. The minimum Gasteiger partial charge on any atom is -0.505 e. The summed E-state index contributed by atoms with van der Waals surface area (Å²) >= 11 is 0. The van der Waals surface area contributed by atoms with Crippen LogP contribution in [-0.4, -0.2) is 35.1 Å². The van der Waals surface area contributed by atoms with Gasteiger partial charge in [0.1, 0.15) is 22.8 Å². The van der Waals surface area contributed by atoms with Crippen molar-refractivity contribution >= 4 is 22.5 Å². The molecule has 192 valence electrons. The van der Waals surface area contributed by atoms with E-state index >= 15 is 0 Å². The molecular weight excluding hydrogens is 483 g/mol. The van der Waals surface area contributed by atoms with Gasteiger partial charge in [-0.1, -0.05) is 12.1 Å². The van der Waals surface area contributed by atoms with Crippen LogP contribution in [0.5, 0.6) is 17.2 Å². The number of hydrogen-bond donors (Lipinski definition) is 1. The van der Waals surface area contributed by atoms with Gasteiger partial charge in [-0.2, -0.15) is 0 Å². The molecule has 0 unspecified atom stereocenters. The maximum atomic E-state index is 13.8. The first-order valence-electron chi connectivity index (χ1n) is 12.5. The van der Waals surface area contributed by atoms with Crippen molar-refractivity contribution in [3.05, 3.63) is 99.5 Å². The van der Waals surface area contributed by atoms with E-state index in [-0.39, 0.29) is 17.5 Å². The Bertz CT molecular complexity index is 1640. The Morgan fingerprint density at radius 1 is 1.00 bits per heavy atom. The van der Waals surface area contributed by atoms with E-state index in [2.05, 4.69) is 4.98 Å². The summed E-state index contributed by atoms with van der Waals surface area (Å²) in [5.41, 5.74) is 7.21. The number of fused-ring (bicyclic) bond motifs is 2. The number of pyridine rings is 1. The number of allylic oxidation sites excluding steroid dienone is 1. The van der Waals surface area contributed by atoms with Crippen LogP contribution in [0.2, 0.25) is 0 Å². The third-order valence-electron chi connectivity index (χ3n) is 7.38. The number of carbonyl (C=O) groups excluding carboxylic acids is 1. The van der Waals surface area contributed by atoms with Crippen LogP contribution < -0.4 is 9.47 Å². The topological polar surface area (TPSA) is 71.9 Å². The van der Waals surface area contributed by atoms with Gasteiger partial charge in [0.25, 0.3) is 5.91 Å². The van der Waals surface area contributed by atoms with Gasteiger partial charge in [0, 0.05) is 28.8 Å². The first kappa shape index (κ1) is 24.0. The van der Waals surface area contributed by atoms with E-state index in [4.69, 9.17) is 9.47 Å². The lowest BCUT2D eigenvalue weighted by molar-refractivity contribution is 0.0839. The van der Waals surface area contributed by atoms with Crippen LogP contribution >= 0.6 is 0 Å². The van der Waals surface area contributed by atoms with Gasteiger partial charge >= 0.3 is 0 Å². The zero-order valence-corrected chi connectivity index (χ0v) is 21.5. The first-order chi connectivity index (χ1) is 18.4. The van der Waals surface area contributed by atoms with Crippen LogP contribution in [0, 0.1) is 12.7 Å². The van der Waals surface area contributed by atoms with Gasteiger partial charge in [0.05, 0.1) is 32.0 Å². The molecule has 38 heavy (non-hydrogen) atoms. The SMILES string of the molecule is COc1ccc(CN2C(=O)c3c(c(C)c4cc(Cc5ccc(F)cc5)cnc4c3O)C2=C2CC2)c(OC)c1. The number of methoxy groups -OCH3 is 2. The van der Waals surface area contributed by atoms with E-state index < -0.39 is 0 Å². The van der Waals surface area contributed by atoms with E-state index in [1.807, 2.05) is 25.1 Å². The van der Waals surface area contributed by atoms with Crippen molar-refractivity contribution in [2.45, 2.75) is 32.7 Å². The molecule has 1 amide bonds. The molecular formula is C31H27FN2O4. The standard InChI is InChI=1S/C31H27FN2O4/c1-17-24-13-19(12-18-4-9-22(32)10-5-18)15-33-28(24)30(35)27-26(17)29(20-6-7-20)34(31(27)36)16-21-8-11-23(37-2)14-25(21)38-3/h4-5,8-11,13-15,35H,6-7,12,16H2,1-3H3. The molecule has 1 fully saturated rings. The summed E-state index contributed by atoms with van der Waals surface area (Å²) in [6, 6.07) is 14.0. The number of nitrogens with zero attached hydrogens (tertiary/aromatic N) is 2. The summed E-state index contributed by atoms with van der Waals surface area (Å²) in [7, 11) is 3.19. The molecule has 0 bridgehead atoms. The zero-order valence-electron chi connectivity index (χ0n) is 21.5. The van der Waals surface area contributed by atoms with E-state index in [9.17, 15) is 14.3 Å². The predicted molar refractivity (Wildman–Crippen MR) is 143 cm³/mol. The number of phenols is 1. The molecule has 6 rings (SSSR count). The number of amides is 1. The third kappa shape index (κ3) is 3.95. The molecule has 0 radical (unpaired) electrons. The van der Waals surface area contributed by atoms with Crippen LogP contribution in [0.3, 0.4) is 0 Å². The summed E-state index contributed by atoms with van der Waals surface area (Å²) in [5.74, 6) is 0.689. The number of aromatic nitrogens is 1. The molecule has 6 nitrogen and oxygen atoms in total. The number of aryl methyl sites for hydroxylation is 1. The summed E-state index contributed by atoms with van der Waals surface area (Å²) in [6.45, 7) is 2.29. The number of ether oxygens (including phenoxy) is 2. The Morgan fingerprint density at radius 3 is 2.45 bits per heavy atom. The lowest BCUT2D eigenvalue weighted by Gasteiger charge is -2.21. The molecule has 3 aromatic carbocycles. The Hall–Kier alpha value is -4.39. The molecule has 2 heterocycles. The third-order valence-corrected chi connectivity index (χ3v) is 7.38. The quantitative estimate of drug-likeness (QED) is 0.337. The van der Waals surface area contributed by atoms with E-state index in [0.717, 1.165) is 51.7 Å². The van der Waals surface area contributed by atoms with Crippen molar-refractivity contribution in [3.63, 3.8) is 0 Å². The Labute approximate surface area is 220 Å². The number of rotatable bonds is 6. The maximum absolute atomic E-state index is 13.8. The number of aromatic hydroxyl groups is 1. The van der Waals surface area contributed by atoms with Gasteiger partial charge in [0.2, 0.25) is 0 Å². The van der Waals surface area contributed by atoms with Crippen LogP contribution in [0.1, 0.15) is 51.0 Å². The van der Waals surface area contributed by atoms with Gasteiger partial charge in [-0.3, -0.25) is 9.78 Å². The fourth-order valence-electron chi connectivity index (χ4n) is 5.32. The average Bonchev–Trinajstić information content (AvgIpc) is 3.73. The molecule has 0 spiro atoms. The molecule has 4 aromatic rings. The van der Waals surface area contributed by atoms with E-state index in [1.54, 1.807) is 43.5 Å². The van der Waals surface area contributed by atoms with Gasteiger partial charge in [-0.15, -0.1) is 0 Å². The number of halogens is 1. The molecule has 1 N–H and O–H groups in total. The molecule has 1 saturated carbocycles. The smallest absolute Gasteiger partial charge is 0.263 e. The molecule has 0 atom stereocenters. The second-order valence-corrected chi connectivity index (χ2v) is 9.79. The summed E-state index contributed by atoms with van der Waals surface area (Å²) in [5, 5.41) is 12.1. The summed E-state index contributed by atoms with van der Waals surface area (Å²) in [4.78, 5) is 20.1. The molecule has 1 aliphatic heterocycles. The Kier molecular flexibility index (Phi) is 5.79. The normalized spacial score (nSPS) is 14.3. The minimum absolute atomic E-state index is 0.0955. The lowest BCUT2D eigenvalue weighted by atomic mass is 9.94. The van der Waals surface area contributed by atoms with Crippen molar-refractivity contribution in [3.8, 4) is 17.2 Å². The molecule has 7 heteroatoms. The number of benzene rings is 3. The summed E-state index contributed by atoms with van der Waals surface area (Å²) < 4.78 is 24.3. The highest BCUT2D eigenvalue weighted by atomic mass is 19.1. The van der Waals surface area contributed by atoms with Gasteiger partial charge in [0.15, 0.2) is 5.75 Å². The Balaban J connectivity index is 1.44. The van der Waals surface area contributed by atoms with Crippen LogP contribution in [-0.2, 0) is 13.0 Å². The first-order valence-corrected chi connectivity index (χ1v) is 12.5. The zero-order chi connectivity index (χ0) is 26.6. The number of phenolic OH excluding ortho intramolecular Hbond substituents is 1. The van der Waals surface area contributed by atoms with E-state index in [0.29, 0.717) is 35.5 Å². The molecule has 0 saturated heterocycles. The average molecular weight is 511 g/mol. The fraction of sp³-hybridized carbons (Fsp3) is 0.226. The minimum atomic E-state index is -0.274. The van der Waals surface area contributed by atoms with Gasteiger partial charge < -0.3 is 19.5 Å². The lowest BCUT2D eigenvalue weighted by Crippen LogP contribution is -2.23. The summed E-state index contributed by atoms with van der Waals surface area (Å²) in [6.07, 6.45) is 4.12.